The molecule has 0 bridgehead atoms. The van der Waals surface area contributed by atoms with Crippen LogP contribution in [0.3, 0.4) is 0 Å². The second-order valence-electron chi connectivity index (χ2n) is 1.63. The molecule has 8 heteroatoms. The van der Waals surface area contributed by atoms with Gasteiger partial charge in [0.05, 0.1) is 0 Å². The van der Waals surface area contributed by atoms with Gasteiger partial charge in [-0.3, -0.25) is 4.57 Å². The first-order valence-electron chi connectivity index (χ1n) is 2.38. The smallest absolute Gasteiger partial charge is 0.363 e. The van der Waals surface area contributed by atoms with E-state index in [4.69, 9.17) is 14.9 Å². The summed E-state index contributed by atoms with van der Waals surface area (Å²) in [6.07, 6.45) is -0.752. The summed E-state index contributed by atoms with van der Waals surface area (Å²) in [6, 6.07) is 0. The van der Waals surface area contributed by atoms with E-state index in [9.17, 15) is 9.36 Å². The van der Waals surface area contributed by atoms with E-state index in [1.807, 2.05) is 5.32 Å². The molecule has 0 unspecified atom stereocenters. The normalized spacial score (nSPS) is 10.7. The minimum Gasteiger partial charge on any atom is -0.476 e. The molecule has 4 N–H and O–H groups in total. The number of carboxylic acid groups (broad SMARTS) is 1. The number of carboxylic acids is 1. The number of nitrogens with one attached hydrogen (secondary N) is 1. The summed E-state index contributed by atoms with van der Waals surface area (Å²) in [7, 11) is -4.22. The SMILES string of the molecule is O=C(O)C(=S)NCP(=O)(O)O. The van der Waals surface area contributed by atoms with Gasteiger partial charge in [0.25, 0.3) is 0 Å². The van der Waals surface area contributed by atoms with Crippen LogP contribution in [0, 0.1) is 0 Å². The Morgan fingerprint density at radius 1 is 1.55 bits per heavy atom. The molecule has 0 aromatic heterocycles. The number of hydrogen-bond donors (Lipinski definition) is 4. The van der Waals surface area contributed by atoms with Crippen LogP contribution in [0.2, 0.25) is 0 Å². The minimum absolute atomic E-state index is 0.603. The molecule has 0 rings (SSSR count). The average Bonchev–Trinajstić information content (AvgIpc) is 1.80. The molecule has 0 aliphatic carbocycles. The van der Waals surface area contributed by atoms with Gasteiger partial charge in [0.1, 0.15) is 6.29 Å². The zero-order valence-electron chi connectivity index (χ0n) is 5.22. The van der Waals surface area contributed by atoms with E-state index in [0.717, 1.165) is 0 Å². The standard InChI is InChI=1S/C3H6NO5PS/c5-3(6)2(11)4-1-10(7,8)9/h1H2,(H,4,11)(H,5,6)(H2,7,8,9). The van der Waals surface area contributed by atoms with Gasteiger partial charge >= 0.3 is 13.6 Å². The Kier molecular flexibility index (Phi) is 3.61. The first-order chi connectivity index (χ1) is 4.83. The van der Waals surface area contributed by atoms with Crippen LogP contribution in [0.1, 0.15) is 0 Å². The quantitative estimate of drug-likeness (QED) is 0.338. The van der Waals surface area contributed by atoms with Crippen molar-refractivity contribution in [2.24, 2.45) is 0 Å². The summed E-state index contributed by atoms with van der Waals surface area (Å²) in [4.78, 5) is 25.8. The summed E-state index contributed by atoms with van der Waals surface area (Å²) < 4.78 is 10.1. The molecule has 0 amide bonds. The van der Waals surface area contributed by atoms with E-state index in [0.29, 0.717) is 0 Å². The lowest BCUT2D eigenvalue weighted by atomic mass is 10.7. The topological polar surface area (TPSA) is 107 Å². The van der Waals surface area contributed by atoms with Crippen LogP contribution in [0.5, 0.6) is 0 Å². The fourth-order valence-corrected chi connectivity index (χ4v) is 0.794. The lowest BCUT2D eigenvalue weighted by molar-refractivity contribution is -0.129. The zero-order chi connectivity index (χ0) is 9.07. The van der Waals surface area contributed by atoms with E-state index in [1.54, 1.807) is 0 Å². The lowest BCUT2D eigenvalue weighted by Gasteiger charge is -2.04. The van der Waals surface area contributed by atoms with Crippen LogP contribution in [-0.2, 0) is 9.36 Å². The molecule has 0 aliphatic rings. The number of aliphatic carboxylic acids is 1. The Labute approximate surface area is 67.4 Å². The average molecular weight is 199 g/mol. The van der Waals surface area contributed by atoms with Gasteiger partial charge in [0.15, 0.2) is 4.99 Å². The predicted octanol–water partition coefficient (Wildman–Crippen LogP) is -0.877. The number of thiocarbonyl (C=S) groups is 1. The Balaban J connectivity index is 3.82. The first-order valence-corrected chi connectivity index (χ1v) is 4.59. The maximum absolute atomic E-state index is 10.1. The van der Waals surface area contributed by atoms with E-state index >= 15 is 0 Å². The van der Waals surface area contributed by atoms with Gasteiger partial charge in [-0.15, -0.1) is 0 Å². The fourth-order valence-electron chi connectivity index (χ4n) is 0.250. The molecule has 6 nitrogen and oxygen atoms in total. The van der Waals surface area contributed by atoms with E-state index in [2.05, 4.69) is 12.2 Å². The van der Waals surface area contributed by atoms with Crippen molar-refractivity contribution in [3.63, 3.8) is 0 Å². The van der Waals surface area contributed by atoms with Gasteiger partial charge in [-0.2, -0.15) is 0 Å². The Morgan fingerprint density at radius 2 is 2.00 bits per heavy atom. The second-order valence-corrected chi connectivity index (χ2v) is 3.69. The molecule has 0 aromatic carbocycles. The monoisotopic (exact) mass is 199 g/mol. The van der Waals surface area contributed by atoms with Crippen LogP contribution in [-0.4, -0.2) is 32.1 Å². The van der Waals surface area contributed by atoms with Crippen molar-refractivity contribution in [3.05, 3.63) is 0 Å². The largest absolute Gasteiger partial charge is 0.476 e. The molecule has 0 fully saturated rings. The molecule has 0 aromatic rings. The third-order valence-electron chi connectivity index (χ3n) is 0.640. The zero-order valence-corrected chi connectivity index (χ0v) is 6.93. The van der Waals surface area contributed by atoms with E-state index < -0.39 is 24.8 Å². The van der Waals surface area contributed by atoms with Crippen molar-refractivity contribution in [1.82, 2.24) is 5.32 Å². The highest BCUT2D eigenvalue weighted by molar-refractivity contribution is 7.82. The minimum atomic E-state index is -4.22. The number of rotatable bonds is 2. The Morgan fingerprint density at radius 3 is 2.27 bits per heavy atom. The summed E-state index contributed by atoms with van der Waals surface area (Å²) in [6.45, 7) is 0. The van der Waals surface area contributed by atoms with Crippen molar-refractivity contribution in [3.8, 4) is 0 Å². The molecular weight excluding hydrogens is 193 g/mol. The molecule has 0 heterocycles. The van der Waals surface area contributed by atoms with Gasteiger partial charge in [-0.1, -0.05) is 12.2 Å². The third kappa shape index (κ3) is 5.93. The molecule has 0 radical (unpaired) electrons. The van der Waals surface area contributed by atoms with Crippen molar-refractivity contribution in [2.45, 2.75) is 0 Å². The predicted molar refractivity (Wildman–Crippen MR) is 40.3 cm³/mol. The summed E-state index contributed by atoms with van der Waals surface area (Å²) in [5, 5.41) is 10.0. The van der Waals surface area contributed by atoms with Crippen LogP contribution in [0.4, 0.5) is 0 Å². The summed E-state index contributed by atoms with van der Waals surface area (Å²) >= 11 is 4.19. The van der Waals surface area contributed by atoms with Gasteiger partial charge in [-0.25, -0.2) is 4.79 Å². The molecule has 0 atom stereocenters. The highest BCUT2D eigenvalue weighted by Crippen LogP contribution is 2.31. The highest BCUT2D eigenvalue weighted by atomic mass is 32.1. The van der Waals surface area contributed by atoms with E-state index in [1.165, 1.54) is 0 Å². The van der Waals surface area contributed by atoms with Crippen LogP contribution < -0.4 is 5.32 Å². The van der Waals surface area contributed by atoms with Crippen molar-refractivity contribution >= 4 is 30.8 Å². The van der Waals surface area contributed by atoms with E-state index in [-0.39, 0.29) is 0 Å². The first kappa shape index (κ1) is 10.5. The molecule has 0 spiro atoms. The third-order valence-corrected chi connectivity index (χ3v) is 1.53. The lowest BCUT2D eigenvalue weighted by Crippen LogP contribution is -2.29. The molecule has 11 heavy (non-hydrogen) atoms. The fraction of sp³-hybridized carbons (Fsp3) is 0.333. The Bertz CT molecular complexity index is 222. The maximum atomic E-state index is 10.1. The van der Waals surface area contributed by atoms with Gasteiger partial charge in [0.2, 0.25) is 0 Å². The molecule has 0 saturated carbocycles. The van der Waals surface area contributed by atoms with Gasteiger partial charge < -0.3 is 20.2 Å². The van der Waals surface area contributed by atoms with Crippen LogP contribution in [0.15, 0.2) is 0 Å². The van der Waals surface area contributed by atoms with Crippen molar-refractivity contribution in [1.29, 1.82) is 0 Å². The molecular formula is C3H6NO5PS. The number of carbonyl (C=O) groups is 1. The Hall–Kier alpha value is -0.490. The van der Waals surface area contributed by atoms with Crippen molar-refractivity contribution < 1.29 is 24.3 Å². The van der Waals surface area contributed by atoms with Crippen LogP contribution in [0.25, 0.3) is 0 Å². The molecule has 0 saturated heterocycles. The van der Waals surface area contributed by atoms with Gasteiger partial charge in [0, 0.05) is 0 Å². The van der Waals surface area contributed by atoms with Gasteiger partial charge in [-0.05, 0) is 0 Å². The summed E-state index contributed by atoms with van der Waals surface area (Å²) in [5.74, 6) is -1.41. The molecule has 64 valence electrons. The highest BCUT2D eigenvalue weighted by Gasteiger charge is 2.15. The second kappa shape index (κ2) is 3.77. The van der Waals surface area contributed by atoms with Crippen molar-refractivity contribution in [2.75, 3.05) is 6.29 Å². The molecule has 0 aliphatic heterocycles. The summed E-state index contributed by atoms with van der Waals surface area (Å²) in [5.41, 5.74) is 0. The number of hydrogen-bond acceptors (Lipinski definition) is 3. The maximum Gasteiger partial charge on any atom is 0.363 e. The van der Waals surface area contributed by atoms with Crippen LogP contribution >= 0.6 is 19.8 Å².